The second kappa shape index (κ2) is 12.2. The average molecular weight is 420 g/mol. The first-order valence-electron chi connectivity index (χ1n) is 11.3. The van der Waals surface area contributed by atoms with E-state index >= 15 is 0 Å². The standard InChI is InChI=1S/C28H37NO2/c1-21(2)11-8-12-22(3)13-9-14-23(4)15-10-16-24(5)19-20-29-27(30)25-17-6-7-18-26(25)28(29)31/h6-7,11,13,15,17-19H,8-10,12,14,16,20H2,1-5H3. The van der Waals surface area contributed by atoms with E-state index in [1.54, 1.807) is 24.3 Å². The molecule has 0 spiro atoms. The quantitative estimate of drug-likeness (QED) is 0.276. The monoisotopic (exact) mass is 419 g/mol. The van der Waals surface area contributed by atoms with Gasteiger partial charge in [-0.15, -0.1) is 0 Å². The van der Waals surface area contributed by atoms with Gasteiger partial charge in [0.15, 0.2) is 0 Å². The van der Waals surface area contributed by atoms with Gasteiger partial charge in [0.25, 0.3) is 11.8 Å². The van der Waals surface area contributed by atoms with Crippen molar-refractivity contribution in [1.82, 2.24) is 4.90 Å². The normalized spacial score (nSPS) is 14.9. The summed E-state index contributed by atoms with van der Waals surface area (Å²) in [5.74, 6) is -0.380. The second-order valence-electron chi connectivity index (χ2n) is 8.82. The van der Waals surface area contributed by atoms with Crippen molar-refractivity contribution in [1.29, 1.82) is 0 Å². The van der Waals surface area contributed by atoms with E-state index in [2.05, 4.69) is 52.8 Å². The lowest BCUT2D eigenvalue weighted by atomic mass is 10.0. The minimum atomic E-state index is -0.190. The third-order valence-electron chi connectivity index (χ3n) is 5.65. The molecule has 0 fully saturated rings. The van der Waals surface area contributed by atoms with Crippen LogP contribution in [0.2, 0.25) is 0 Å². The van der Waals surface area contributed by atoms with E-state index in [1.807, 2.05) is 6.08 Å². The SMILES string of the molecule is CC(C)=CCCC(C)=CCCC(C)=CCCC(C)=CCN1C(=O)c2ccccc2C1=O. The predicted molar refractivity (Wildman–Crippen MR) is 130 cm³/mol. The van der Waals surface area contributed by atoms with Crippen LogP contribution in [-0.2, 0) is 0 Å². The van der Waals surface area contributed by atoms with Gasteiger partial charge < -0.3 is 0 Å². The van der Waals surface area contributed by atoms with Gasteiger partial charge in [0.05, 0.1) is 11.1 Å². The largest absolute Gasteiger partial charge is 0.270 e. The van der Waals surface area contributed by atoms with E-state index in [1.165, 1.54) is 27.2 Å². The fourth-order valence-corrected chi connectivity index (χ4v) is 3.64. The fraction of sp³-hybridized carbons (Fsp3) is 0.429. The topological polar surface area (TPSA) is 37.4 Å². The molecule has 0 atom stereocenters. The zero-order valence-corrected chi connectivity index (χ0v) is 19.8. The smallest absolute Gasteiger partial charge is 0.261 e. The zero-order chi connectivity index (χ0) is 22.8. The van der Waals surface area contributed by atoms with E-state index in [4.69, 9.17) is 0 Å². The number of hydrogen-bond acceptors (Lipinski definition) is 2. The number of carbonyl (C=O) groups excluding carboxylic acids is 2. The molecule has 0 N–H and O–H groups in total. The number of benzene rings is 1. The van der Waals surface area contributed by atoms with Gasteiger partial charge in [-0.25, -0.2) is 0 Å². The molecule has 1 aliphatic rings. The Balaban J connectivity index is 1.73. The molecule has 0 saturated heterocycles. The molecular formula is C28H37NO2. The molecule has 3 heteroatoms. The Labute approximate surface area is 188 Å². The number of nitrogens with zero attached hydrogens (tertiary/aromatic N) is 1. The van der Waals surface area contributed by atoms with E-state index in [-0.39, 0.29) is 11.8 Å². The third-order valence-corrected chi connectivity index (χ3v) is 5.65. The Hall–Kier alpha value is -2.68. The fourth-order valence-electron chi connectivity index (χ4n) is 3.64. The van der Waals surface area contributed by atoms with Gasteiger partial charge in [-0.3, -0.25) is 14.5 Å². The molecule has 31 heavy (non-hydrogen) atoms. The van der Waals surface area contributed by atoms with Gasteiger partial charge >= 0.3 is 0 Å². The molecule has 0 saturated carbocycles. The average Bonchev–Trinajstić information content (AvgIpc) is 2.96. The van der Waals surface area contributed by atoms with Crippen molar-refractivity contribution in [3.05, 3.63) is 82.0 Å². The van der Waals surface area contributed by atoms with Crippen LogP contribution in [0.1, 0.15) is 93.9 Å². The second-order valence-corrected chi connectivity index (χ2v) is 8.82. The highest BCUT2D eigenvalue weighted by Crippen LogP contribution is 2.22. The Kier molecular flexibility index (Phi) is 9.71. The summed E-state index contributed by atoms with van der Waals surface area (Å²) in [7, 11) is 0. The number of allylic oxidation sites excluding steroid dienone is 7. The molecule has 0 aliphatic carbocycles. The number of hydrogen-bond donors (Lipinski definition) is 0. The van der Waals surface area contributed by atoms with Gasteiger partial charge in [0.1, 0.15) is 0 Å². The van der Waals surface area contributed by atoms with Crippen LogP contribution < -0.4 is 0 Å². The van der Waals surface area contributed by atoms with Crippen LogP contribution in [0.25, 0.3) is 0 Å². The highest BCUT2D eigenvalue weighted by Gasteiger charge is 2.34. The molecule has 3 nitrogen and oxygen atoms in total. The van der Waals surface area contributed by atoms with Crippen molar-refractivity contribution in [3.63, 3.8) is 0 Å². The zero-order valence-electron chi connectivity index (χ0n) is 19.8. The van der Waals surface area contributed by atoms with Crippen LogP contribution in [0.15, 0.2) is 70.9 Å². The maximum atomic E-state index is 12.4. The lowest BCUT2D eigenvalue weighted by molar-refractivity contribution is 0.0671. The summed E-state index contributed by atoms with van der Waals surface area (Å²) in [5, 5.41) is 0. The van der Waals surface area contributed by atoms with Crippen molar-refractivity contribution >= 4 is 11.8 Å². The molecule has 2 amide bonds. The Morgan fingerprint density at radius 3 is 1.55 bits per heavy atom. The minimum absolute atomic E-state index is 0.190. The number of imide groups is 1. The molecule has 0 bridgehead atoms. The van der Waals surface area contributed by atoms with Gasteiger partial charge in [-0.05, 0) is 85.3 Å². The maximum absolute atomic E-state index is 12.4. The molecule has 0 aromatic heterocycles. The van der Waals surface area contributed by atoms with Crippen LogP contribution in [0.4, 0.5) is 0 Å². The van der Waals surface area contributed by atoms with E-state index in [9.17, 15) is 9.59 Å². The van der Waals surface area contributed by atoms with Crippen LogP contribution in [0.5, 0.6) is 0 Å². The van der Waals surface area contributed by atoms with Gasteiger partial charge in [0.2, 0.25) is 0 Å². The van der Waals surface area contributed by atoms with Crippen LogP contribution in [-0.4, -0.2) is 23.3 Å². The number of rotatable bonds is 11. The molecule has 0 unspecified atom stereocenters. The summed E-state index contributed by atoms with van der Waals surface area (Å²) in [6.45, 7) is 11.1. The highest BCUT2D eigenvalue weighted by molar-refractivity contribution is 6.21. The third kappa shape index (κ3) is 7.82. The van der Waals surface area contributed by atoms with E-state index in [0.29, 0.717) is 17.7 Å². The Morgan fingerprint density at radius 2 is 1.10 bits per heavy atom. The summed E-state index contributed by atoms with van der Waals surface area (Å²) in [6, 6.07) is 7.04. The molecule has 1 heterocycles. The number of carbonyl (C=O) groups is 2. The summed E-state index contributed by atoms with van der Waals surface area (Å²) in [5.41, 5.74) is 6.51. The maximum Gasteiger partial charge on any atom is 0.261 e. The predicted octanol–water partition coefficient (Wildman–Crippen LogP) is 7.43. The van der Waals surface area contributed by atoms with Gasteiger partial charge in [-0.1, -0.05) is 58.7 Å². The lowest BCUT2D eigenvalue weighted by Crippen LogP contribution is -2.29. The summed E-state index contributed by atoms with van der Waals surface area (Å²) < 4.78 is 0. The number of amides is 2. The van der Waals surface area contributed by atoms with Gasteiger partial charge in [0, 0.05) is 6.54 Å². The van der Waals surface area contributed by atoms with Gasteiger partial charge in [-0.2, -0.15) is 0 Å². The first-order valence-corrected chi connectivity index (χ1v) is 11.3. The number of fused-ring (bicyclic) bond motifs is 1. The van der Waals surface area contributed by atoms with Crippen molar-refractivity contribution in [2.24, 2.45) is 0 Å². The first kappa shape index (κ1) is 24.6. The summed E-state index contributed by atoms with van der Waals surface area (Å²) in [4.78, 5) is 26.2. The van der Waals surface area contributed by atoms with Crippen molar-refractivity contribution in [3.8, 4) is 0 Å². The molecular weight excluding hydrogens is 382 g/mol. The van der Waals surface area contributed by atoms with Crippen molar-refractivity contribution in [2.45, 2.75) is 73.1 Å². The summed E-state index contributed by atoms with van der Waals surface area (Å²) in [6.07, 6.45) is 15.4. The van der Waals surface area contributed by atoms with Crippen LogP contribution in [0, 0.1) is 0 Å². The van der Waals surface area contributed by atoms with Crippen LogP contribution >= 0.6 is 0 Å². The van der Waals surface area contributed by atoms with E-state index < -0.39 is 0 Å². The first-order chi connectivity index (χ1) is 14.8. The lowest BCUT2D eigenvalue weighted by Gasteiger charge is -2.11. The minimum Gasteiger partial charge on any atom is -0.270 e. The molecule has 1 aliphatic heterocycles. The molecule has 0 radical (unpaired) electrons. The summed E-state index contributed by atoms with van der Waals surface area (Å²) >= 11 is 0. The van der Waals surface area contributed by atoms with Crippen LogP contribution in [0.3, 0.4) is 0 Å². The Morgan fingerprint density at radius 1 is 0.677 bits per heavy atom. The Bertz CT molecular complexity index is 876. The van der Waals surface area contributed by atoms with Crippen molar-refractivity contribution in [2.75, 3.05) is 6.54 Å². The molecule has 1 aromatic rings. The highest BCUT2D eigenvalue weighted by atomic mass is 16.2. The molecule has 1 aromatic carbocycles. The van der Waals surface area contributed by atoms with Crippen molar-refractivity contribution < 1.29 is 9.59 Å². The molecule has 2 rings (SSSR count). The molecule has 166 valence electrons. The van der Waals surface area contributed by atoms with E-state index in [0.717, 1.165) is 38.5 Å².